The highest BCUT2D eigenvalue weighted by Gasteiger charge is 2.33. The largest absolute Gasteiger partial charge is 0.495 e. The minimum absolute atomic E-state index is 0.0304. The summed E-state index contributed by atoms with van der Waals surface area (Å²) in [6.45, 7) is 5.18. The molecule has 0 saturated carbocycles. The van der Waals surface area contributed by atoms with Crippen LogP contribution in [0.15, 0.2) is 77.7 Å². The summed E-state index contributed by atoms with van der Waals surface area (Å²) in [6.07, 6.45) is 0. The van der Waals surface area contributed by atoms with Crippen molar-refractivity contribution in [2.45, 2.75) is 38.3 Å². The zero-order valence-electron chi connectivity index (χ0n) is 21.8. The standard InChI is InChI=1S/C28H32ClN3O5S/c1-5-30-28(34)21(3)31(18-22-12-14-23(29)15-13-22)27(33)19-32(25-8-6-7-9-26(25)37-4)38(35,36)24-16-10-20(2)11-17-24/h6-17,21H,5,18-19H2,1-4H3,(H,30,34)/t21-/m0/s1. The van der Waals surface area contributed by atoms with E-state index in [4.69, 9.17) is 16.3 Å². The second-order valence-corrected chi connectivity index (χ2v) is 11.0. The minimum atomic E-state index is -4.18. The maximum atomic E-state index is 13.9. The van der Waals surface area contributed by atoms with Gasteiger partial charge in [0.15, 0.2) is 0 Å². The Labute approximate surface area is 229 Å². The SMILES string of the molecule is CCNC(=O)[C@H](C)N(Cc1ccc(Cl)cc1)C(=O)CN(c1ccccc1OC)S(=O)(=O)c1ccc(C)cc1. The molecule has 202 valence electrons. The van der Waals surface area contributed by atoms with E-state index in [0.717, 1.165) is 15.4 Å². The van der Waals surface area contributed by atoms with Gasteiger partial charge in [-0.05, 0) is 62.7 Å². The van der Waals surface area contributed by atoms with Gasteiger partial charge in [-0.25, -0.2) is 8.42 Å². The van der Waals surface area contributed by atoms with Gasteiger partial charge in [-0.1, -0.05) is 53.6 Å². The van der Waals surface area contributed by atoms with Crippen LogP contribution in [-0.2, 0) is 26.2 Å². The summed E-state index contributed by atoms with van der Waals surface area (Å²) >= 11 is 6.02. The van der Waals surface area contributed by atoms with Gasteiger partial charge in [0, 0.05) is 18.1 Å². The number of methoxy groups -OCH3 is 1. The molecule has 0 spiro atoms. The first kappa shape index (κ1) is 29.0. The summed E-state index contributed by atoms with van der Waals surface area (Å²) in [5, 5.41) is 3.27. The molecule has 0 aliphatic heterocycles. The van der Waals surface area contributed by atoms with Gasteiger partial charge in [0.1, 0.15) is 18.3 Å². The van der Waals surface area contributed by atoms with Crippen LogP contribution in [0.3, 0.4) is 0 Å². The van der Waals surface area contributed by atoms with E-state index in [1.165, 1.54) is 24.1 Å². The Balaban J connectivity index is 2.06. The molecular formula is C28H32ClN3O5S. The number of carbonyl (C=O) groups excluding carboxylic acids is 2. The van der Waals surface area contributed by atoms with Crippen LogP contribution in [0.25, 0.3) is 0 Å². The van der Waals surface area contributed by atoms with E-state index >= 15 is 0 Å². The van der Waals surface area contributed by atoms with Gasteiger partial charge >= 0.3 is 0 Å². The number of ether oxygens (including phenoxy) is 1. The Hall–Kier alpha value is -3.56. The van der Waals surface area contributed by atoms with E-state index in [2.05, 4.69) is 5.32 Å². The average molecular weight is 558 g/mol. The molecule has 0 aliphatic carbocycles. The van der Waals surface area contributed by atoms with Gasteiger partial charge in [0.25, 0.3) is 10.0 Å². The van der Waals surface area contributed by atoms with Crippen LogP contribution in [0.4, 0.5) is 5.69 Å². The van der Waals surface area contributed by atoms with Crippen molar-refractivity contribution in [3.05, 3.63) is 88.9 Å². The molecule has 0 fully saturated rings. The van der Waals surface area contributed by atoms with Crippen molar-refractivity contribution in [2.24, 2.45) is 0 Å². The van der Waals surface area contributed by atoms with Gasteiger partial charge in [-0.15, -0.1) is 0 Å². The molecule has 0 bridgehead atoms. The van der Waals surface area contributed by atoms with Gasteiger partial charge in [0.05, 0.1) is 17.7 Å². The molecule has 3 aromatic carbocycles. The molecule has 8 nitrogen and oxygen atoms in total. The molecule has 1 N–H and O–H groups in total. The Bertz CT molecular complexity index is 1360. The monoisotopic (exact) mass is 557 g/mol. The van der Waals surface area contributed by atoms with Crippen LogP contribution in [0.1, 0.15) is 25.0 Å². The summed E-state index contributed by atoms with van der Waals surface area (Å²) in [5.41, 5.74) is 1.85. The Morgan fingerprint density at radius 2 is 1.63 bits per heavy atom. The first-order chi connectivity index (χ1) is 18.1. The smallest absolute Gasteiger partial charge is 0.264 e. The fraction of sp³-hybridized carbons (Fsp3) is 0.286. The minimum Gasteiger partial charge on any atom is -0.495 e. The van der Waals surface area contributed by atoms with Gasteiger partial charge < -0.3 is 15.0 Å². The number of amides is 2. The predicted molar refractivity (Wildman–Crippen MR) is 149 cm³/mol. The Morgan fingerprint density at radius 3 is 2.24 bits per heavy atom. The third-order valence-corrected chi connectivity index (χ3v) is 8.05. The second kappa shape index (κ2) is 12.8. The van der Waals surface area contributed by atoms with Crippen LogP contribution in [-0.4, -0.2) is 51.4 Å². The highest BCUT2D eigenvalue weighted by molar-refractivity contribution is 7.92. The highest BCUT2D eigenvalue weighted by Crippen LogP contribution is 2.32. The van der Waals surface area contributed by atoms with Crippen LogP contribution < -0.4 is 14.4 Å². The van der Waals surface area contributed by atoms with Crippen LogP contribution in [0.5, 0.6) is 5.75 Å². The van der Waals surface area contributed by atoms with E-state index < -0.39 is 28.5 Å². The van der Waals surface area contributed by atoms with Crippen molar-refractivity contribution in [3.63, 3.8) is 0 Å². The number of sulfonamides is 1. The molecule has 0 aliphatic rings. The topological polar surface area (TPSA) is 96.0 Å². The van der Waals surface area contributed by atoms with E-state index in [-0.39, 0.29) is 28.8 Å². The number of carbonyl (C=O) groups is 2. The molecule has 2 amide bonds. The van der Waals surface area contributed by atoms with Crippen LogP contribution >= 0.6 is 11.6 Å². The molecule has 1 atom stereocenters. The molecule has 0 saturated heterocycles. The van der Waals surface area contributed by atoms with Crippen molar-refractivity contribution in [1.29, 1.82) is 0 Å². The summed E-state index contributed by atoms with van der Waals surface area (Å²) in [7, 11) is -2.75. The van der Waals surface area contributed by atoms with Crippen molar-refractivity contribution < 1.29 is 22.7 Å². The third kappa shape index (κ3) is 6.85. The fourth-order valence-electron chi connectivity index (χ4n) is 3.88. The quantitative estimate of drug-likeness (QED) is 0.377. The first-order valence-electron chi connectivity index (χ1n) is 12.1. The number of anilines is 1. The lowest BCUT2D eigenvalue weighted by molar-refractivity contribution is -0.139. The first-order valence-corrected chi connectivity index (χ1v) is 13.9. The fourth-order valence-corrected chi connectivity index (χ4v) is 5.43. The van der Waals surface area contributed by atoms with Crippen LogP contribution in [0, 0.1) is 6.92 Å². The maximum Gasteiger partial charge on any atom is 0.264 e. The summed E-state index contributed by atoms with van der Waals surface area (Å²) in [4.78, 5) is 28.0. The van der Waals surface area contributed by atoms with Gasteiger partial charge in [0.2, 0.25) is 11.8 Å². The molecule has 10 heteroatoms. The van der Waals surface area contributed by atoms with E-state index in [1.54, 1.807) is 74.5 Å². The number of aryl methyl sites for hydroxylation is 1. The lowest BCUT2D eigenvalue weighted by Gasteiger charge is -2.32. The van der Waals surface area contributed by atoms with Crippen molar-refractivity contribution in [2.75, 3.05) is 24.5 Å². The van der Waals surface area contributed by atoms with Crippen LogP contribution in [0.2, 0.25) is 5.02 Å². The van der Waals surface area contributed by atoms with Gasteiger partial charge in [-0.2, -0.15) is 0 Å². The van der Waals surface area contributed by atoms with E-state index in [0.29, 0.717) is 11.6 Å². The molecule has 3 aromatic rings. The summed E-state index contributed by atoms with van der Waals surface area (Å²) in [5.74, 6) is -0.614. The predicted octanol–water partition coefficient (Wildman–Crippen LogP) is 4.41. The van der Waals surface area contributed by atoms with Gasteiger partial charge in [-0.3, -0.25) is 13.9 Å². The Kier molecular flexibility index (Phi) is 9.77. The summed E-state index contributed by atoms with van der Waals surface area (Å²) < 4.78 is 34.2. The molecule has 0 aromatic heterocycles. The number of halogens is 1. The Morgan fingerprint density at radius 1 is 1.00 bits per heavy atom. The van der Waals surface area contributed by atoms with E-state index in [1.807, 2.05) is 6.92 Å². The molecule has 0 unspecified atom stereocenters. The molecular weight excluding hydrogens is 526 g/mol. The highest BCUT2D eigenvalue weighted by atomic mass is 35.5. The number of likely N-dealkylation sites (N-methyl/N-ethyl adjacent to an activating group) is 1. The average Bonchev–Trinajstić information content (AvgIpc) is 2.91. The number of benzene rings is 3. The van der Waals surface area contributed by atoms with Crippen molar-refractivity contribution >= 4 is 39.1 Å². The third-order valence-electron chi connectivity index (χ3n) is 6.03. The number of hydrogen-bond acceptors (Lipinski definition) is 5. The number of para-hydroxylation sites is 2. The summed E-state index contributed by atoms with van der Waals surface area (Å²) in [6, 6.07) is 19.0. The lowest BCUT2D eigenvalue weighted by Crippen LogP contribution is -2.51. The number of nitrogens with one attached hydrogen (secondary N) is 1. The number of rotatable bonds is 11. The molecule has 0 heterocycles. The maximum absolute atomic E-state index is 13.9. The number of nitrogens with zero attached hydrogens (tertiary/aromatic N) is 2. The van der Waals surface area contributed by atoms with Crippen molar-refractivity contribution in [3.8, 4) is 5.75 Å². The van der Waals surface area contributed by atoms with E-state index in [9.17, 15) is 18.0 Å². The second-order valence-electron chi connectivity index (χ2n) is 8.72. The normalized spacial score (nSPS) is 11.9. The zero-order valence-corrected chi connectivity index (χ0v) is 23.4. The lowest BCUT2D eigenvalue weighted by atomic mass is 10.1. The molecule has 38 heavy (non-hydrogen) atoms. The van der Waals surface area contributed by atoms with Crippen molar-refractivity contribution in [1.82, 2.24) is 10.2 Å². The molecule has 0 radical (unpaired) electrons. The molecule has 3 rings (SSSR count). The zero-order chi connectivity index (χ0) is 27.9. The number of hydrogen-bond donors (Lipinski definition) is 1.